The van der Waals surface area contributed by atoms with Crippen LogP contribution in [0.1, 0.15) is 24.2 Å². The number of aromatic nitrogens is 2. The van der Waals surface area contributed by atoms with Crippen LogP contribution in [-0.2, 0) is 16.6 Å². The SMILES string of the molecule is CCOc1ccc(OC(C)C(=O)NNC(=O)c2ccc(NC(=O)CSc3nccn3C)cc2)cc1. The predicted octanol–water partition coefficient (Wildman–Crippen LogP) is 2.78. The first-order valence-corrected chi connectivity index (χ1v) is 11.8. The number of hydrogen-bond donors (Lipinski definition) is 3. The summed E-state index contributed by atoms with van der Waals surface area (Å²) in [6.07, 6.45) is 2.64. The summed E-state index contributed by atoms with van der Waals surface area (Å²) < 4.78 is 12.8. The van der Waals surface area contributed by atoms with E-state index in [1.165, 1.54) is 11.8 Å². The number of ether oxygens (including phenoxy) is 2. The zero-order chi connectivity index (χ0) is 25.2. The first-order valence-electron chi connectivity index (χ1n) is 10.9. The Bertz CT molecular complexity index is 1150. The molecule has 1 unspecified atom stereocenters. The molecule has 2 aromatic carbocycles. The maximum absolute atomic E-state index is 12.3. The molecule has 184 valence electrons. The molecule has 0 aliphatic heterocycles. The van der Waals surface area contributed by atoms with Crippen molar-refractivity contribution in [2.24, 2.45) is 7.05 Å². The molecule has 3 aromatic rings. The third kappa shape index (κ3) is 7.78. The second kappa shape index (κ2) is 12.5. The van der Waals surface area contributed by atoms with Gasteiger partial charge < -0.3 is 19.4 Å². The number of nitrogens with zero attached hydrogens (tertiary/aromatic N) is 2. The zero-order valence-corrected chi connectivity index (χ0v) is 20.4. The number of amides is 3. The Morgan fingerprint density at radius 3 is 2.34 bits per heavy atom. The van der Waals surface area contributed by atoms with Crippen molar-refractivity contribution in [1.29, 1.82) is 0 Å². The fourth-order valence-electron chi connectivity index (χ4n) is 2.85. The van der Waals surface area contributed by atoms with Gasteiger partial charge in [-0.1, -0.05) is 11.8 Å². The highest BCUT2D eigenvalue weighted by molar-refractivity contribution is 7.99. The number of aryl methyl sites for hydroxylation is 1. The van der Waals surface area contributed by atoms with Gasteiger partial charge in [-0.05, 0) is 62.4 Å². The minimum atomic E-state index is -0.838. The van der Waals surface area contributed by atoms with Crippen LogP contribution >= 0.6 is 11.8 Å². The summed E-state index contributed by atoms with van der Waals surface area (Å²) in [6, 6.07) is 13.2. The molecular formula is C24H27N5O5S. The van der Waals surface area contributed by atoms with Crippen LogP contribution in [0.3, 0.4) is 0 Å². The Hall–Kier alpha value is -3.99. The highest BCUT2D eigenvalue weighted by atomic mass is 32.2. The van der Waals surface area contributed by atoms with Crippen molar-refractivity contribution >= 4 is 35.2 Å². The number of hydrazine groups is 1. The lowest BCUT2D eigenvalue weighted by Crippen LogP contribution is -2.47. The molecule has 10 nitrogen and oxygen atoms in total. The first-order chi connectivity index (χ1) is 16.9. The van der Waals surface area contributed by atoms with Gasteiger partial charge in [0, 0.05) is 30.7 Å². The maximum atomic E-state index is 12.3. The third-order valence-corrected chi connectivity index (χ3v) is 5.71. The standard InChI is InChI=1S/C24H27N5O5S/c1-4-33-19-9-11-20(12-10-19)34-16(2)22(31)27-28-23(32)17-5-7-18(8-6-17)26-21(30)15-35-24-25-13-14-29(24)3/h5-14,16H,4,15H2,1-3H3,(H,26,30)(H,27,31)(H,28,32). The predicted molar refractivity (Wildman–Crippen MR) is 132 cm³/mol. The lowest BCUT2D eigenvalue weighted by Gasteiger charge is -2.15. The van der Waals surface area contributed by atoms with Crippen LogP contribution in [0.15, 0.2) is 66.1 Å². The van der Waals surface area contributed by atoms with Crippen LogP contribution in [0.4, 0.5) is 5.69 Å². The van der Waals surface area contributed by atoms with Gasteiger partial charge >= 0.3 is 0 Å². The first kappa shape index (κ1) is 25.6. The smallest absolute Gasteiger partial charge is 0.279 e. The van der Waals surface area contributed by atoms with Gasteiger partial charge in [0.2, 0.25) is 5.91 Å². The molecule has 0 saturated carbocycles. The summed E-state index contributed by atoms with van der Waals surface area (Å²) in [4.78, 5) is 40.9. The van der Waals surface area contributed by atoms with Crippen molar-refractivity contribution in [3.63, 3.8) is 0 Å². The van der Waals surface area contributed by atoms with E-state index in [9.17, 15) is 14.4 Å². The fraction of sp³-hybridized carbons (Fsp3) is 0.250. The molecular weight excluding hydrogens is 470 g/mol. The van der Waals surface area contributed by atoms with Gasteiger partial charge in [-0.2, -0.15) is 0 Å². The second-order valence-electron chi connectivity index (χ2n) is 7.34. The monoisotopic (exact) mass is 497 g/mol. The van der Waals surface area contributed by atoms with Crippen LogP contribution in [0, 0.1) is 0 Å². The van der Waals surface area contributed by atoms with E-state index in [0.29, 0.717) is 29.4 Å². The summed E-state index contributed by atoms with van der Waals surface area (Å²) in [6.45, 7) is 4.02. The van der Waals surface area contributed by atoms with Crippen LogP contribution in [0.25, 0.3) is 0 Å². The van der Waals surface area contributed by atoms with Crippen molar-refractivity contribution in [1.82, 2.24) is 20.4 Å². The summed E-state index contributed by atoms with van der Waals surface area (Å²) in [5.41, 5.74) is 5.56. The molecule has 0 aliphatic carbocycles. The van der Waals surface area contributed by atoms with Crippen LogP contribution < -0.4 is 25.6 Å². The number of carbonyl (C=O) groups is 3. The van der Waals surface area contributed by atoms with Gasteiger partial charge in [0.05, 0.1) is 12.4 Å². The van der Waals surface area contributed by atoms with E-state index < -0.39 is 17.9 Å². The van der Waals surface area contributed by atoms with E-state index in [0.717, 1.165) is 5.16 Å². The number of hydrogen-bond acceptors (Lipinski definition) is 7. The molecule has 0 fully saturated rings. The molecule has 35 heavy (non-hydrogen) atoms. The molecule has 0 bridgehead atoms. The third-order valence-electron chi connectivity index (χ3n) is 4.66. The highest BCUT2D eigenvalue weighted by Gasteiger charge is 2.16. The Labute approximate surface area is 207 Å². The summed E-state index contributed by atoms with van der Waals surface area (Å²) in [7, 11) is 1.86. The Kier molecular flexibility index (Phi) is 9.13. The molecule has 0 aliphatic rings. The van der Waals surface area contributed by atoms with Crippen molar-refractivity contribution in [3.05, 3.63) is 66.5 Å². The average molecular weight is 498 g/mol. The van der Waals surface area contributed by atoms with E-state index in [1.54, 1.807) is 61.7 Å². The summed E-state index contributed by atoms with van der Waals surface area (Å²) in [5, 5.41) is 3.51. The molecule has 11 heteroatoms. The molecule has 1 atom stereocenters. The van der Waals surface area contributed by atoms with Gasteiger partial charge in [0.1, 0.15) is 11.5 Å². The molecule has 1 aromatic heterocycles. The number of thioether (sulfide) groups is 1. The number of carbonyl (C=O) groups excluding carboxylic acids is 3. The van der Waals surface area contributed by atoms with Crippen molar-refractivity contribution < 1.29 is 23.9 Å². The molecule has 0 spiro atoms. The number of imidazole rings is 1. The van der Waals surface area contributed by atoms with E-state index in [2.05, 4.69) is 21.2 Å². The number of rotatable bonds is 10. The molecule has 3 rings (SSSR count). The molecule has 1 heterocycles. The normalized spacial score (nSPS) is 11.3. The minimum Gasteiger partial charge on any atom is -0.494 e. The molecule has 3 N–H and O–H groups in total. The Morgan fingerprint density at radius 1 is 1.03 bits per heavy atom. The largest absolute Gasteiger partial charge is 0.494 e. The maximum Gasteiger partial charge on any atom is 0.279 e. The summed E-state index contributed by atoms with van der Waals surface area (Å²) in [5.74, 6) is 0.201. The fourth-order valence-corrected chi connectivity index (χ4v) is 3.59. The molecule has 3 amide bonds. The van der Waals surface area contributed by atoms with Gasteiger partial charge in [-0.15, -0.1) is 0 Å². The topological polar surface area (TPSA) is 124 Å². The molecule has 0 saturated heterocycles. The second-order valence-corrected chi connectivity index (χ2v) is 8.29. The summed E-state index contributed by atoms with van der Waals surface area (Å²) >= 11 is 1.32. The van der Waals surface area contributed by atoms with Crippen LogP contribution in [0.5, 0.6) is 11.5 Å². The van der Waals surface area contributed by atoms with Crippen LogP contribution in [-0.4, -0.2) is 45.7 Å². The number of benzene rings is 2. The van der Waals surface area contributed by atoms with E-state index in [4.69, 9.17) is 9.47 Å². The Morgan fingerprint density at radius 2 is 1.71 bits per heavy atom. The molecule has 0 radical (unpaired) electrons. The van der Waals surface area contributed by atoms with Crippen molar-refractivity contribution in [3.8, 4) is 11.5 Å². The lowest BCUT2D eigenvalue weighted by atomic mass is 10.2. The van der Waals surface area contributed by atoms with Gasteiger partial charge in [0.25, 0.3) is 11.8 Å². The van der Waals surface area contributed by atoms with E-state index in [1.807, 2.05) is 24.7 Å². The number of nitrogens with one attached hydrogen (secondary N) is 3. The Balaban J connectivity index is 1.42. The average Bonchev–Trinajstić information content (AvgIpc) is 3.27. The van der Waals surface area contributed by atoms with Crippen molar-refractivity contribution in [2.45, 2.75) is 25.1 Å². The number of anilines is 1. The van der Waals surface area contributed by atoms with Gasteiger partial charge in [0.15, 0.2) is 11.3 Å². The lowest BCUT2D eigenvalue weighted by molar-refractivity contribution is -0.128. The minimum absolute atomic E-state index is 0.191. The quantitative estimate of drug-likeness (QED) is 0.291. The van der Waals surface area contributed by atoms with Gasteiger partial charge in [-0.3, -0.25) is 25.2 Å². The van der Waals surface area contributed by atoms with Crippen molar-refractivity contribution in [2.75, 3.05) is 17.7 Å². The zero-order valence-electron chi connectivity index (χ0n) is 19.6. The van der Waals surface area contributed by atoms with Gasteiger partial charge in [-0.25, -0.2) is 4.98 Å². The van der Waals surface area contributed by atoms with Crippen LogP contribution in [0.2, 0.25) is 0 Å². The van der Waals surface area contributed by atoms with E-state index >= 15 is 0 Å². The van der Waals surface area contributed by atoms with E-state index in [-0.39, 0.29) is 11.7 Å². The highest BCUT2D eigenvalue weighted by Crippen LogP contribution is 2.19.